The van der Waals surface area contributed by atoms with Crippen LogP contribution in [-0.2, 0) is 10.2 Å². The van der Waals surface area contributed by atoms with Crippen LogP contribution in [0.4, 0.5) is 4.39 Å². The first-order valence-corrected chi connectivity index (χ1v) is 5.32. The maximum atomic E-state index is 12.8. The molecule has 1 aliphatic rings. The van der Waals surface area contributed by atoms with E-state index < -0.39 is 11.6 Å². The van der Waals surface area contributed by atoms with Crippen molar-refractivity contribution in [3.8, 4) is 0 Å². The topological polar surface area (TPSA) is 17.1 Å². The molecule has 1 aromatic carbocycles. The van der Waals surface area contributed by atoms with Gasteiger partial charge in [-0.05, 0) is 30.5 Å². The summed E-state index contributed by atoms with van der Waals surface area (Å²) in [4.78, 5) is 11.0. The predicted molar refractivity (Wildman–Crippen MR) is 56.0 cm³/mol. The lowest BCUT2D eigenvalue weighted by Crippen LogP contribution is -2.43. The Kier molecular flexibility index (Phi) is 2.43. The van der Waals surface area contributed by atoms with Gasteiger partial charge >= 0.3 is 0 Å². The van der Waals surface area contributed by atoms with E-state index in [0.717, 1.165) is 16.3 Å². The third-order valence-electron chi connectivity index (χ3n) is 2.80. The van der Waals surface area contributed by atoms with Gasteiger partial charge in [0.2, 0.25) is 0 Å². The number of hydrogen-bond donors (Lipinski definition) is 0. The first kappa shape index (κ1) is 9.84. The van der Waals surface area contributed by atoms with Crippen LogP contribution < -0.4 is 0 Å². The fraction of sp³-hybridized carbons (Fsp3) is 0.364. The van der Waals surface area contributed by atoms with E-state index in [1.165, 1.54) is 0 Å². The summed E-state index contributed by atoms with van der Waals surface area (Å²) in [5.41, 5.74) is 0.346. The van der Waals surface area contributed by atoms with E-state index in [-0.39, 0.29) is 0 Å². The van der Waals surface area contributed by atoms with E-state index in [1.807, 2.05) is 24.3 Å². The molecule has 0 saturated heterocycles. The second-order valence-corrected chi connectivity index (χ2v) is 4.71. The standard InChI is InChI=1S/C11H10BrFO/c12-9-3-1-2-8(4-9)11(7-14)5-10(13)6-11/h1-4,7,10H,5-6H2. The van der Waals surface area contributed by atoms with E-state index in [4.69, 9.17) is 0 Å². The number of carbonyl (C=O) groups excluding carboxylic acids is 1. The van der Waals surface area contributed by atoms with E-state index >= 15 is 0 Å². The Morgan fingerprint density at radius 1 is 1.50 bits per heavy atom. The smallest absolute Gasteiger partial charge is 0.130 e. The SMILES string of the molecule is O=CC1(c2cccc(Br)c2)CC(F)C1. The molecule has 0 radical (unpaired) electrons. The fourth-order valence-electron chi connectivity index (χ4n) is 1.93. The number of alkyl halides is 1. The highest BCUT2D eigenvalue weighted by Crippen LogP contribution is 2.44. The number of carbonyl (C=O) groups is 1. The van der Waals surface area contributed by atoms with Gasteiger partial charge in [0.15, 0.2) is 0 Å². The lowest BCUT2D eigenvalue weighted by atomic mass is 9.64. The summed E-state index contributed by atoms with van der Waals surface area (Å²) in [5, 5.41) is 0. The first-order valence-electron chi connectivity index (χ1n) is 4.53. The second kappa shape index (κ2) is 3.46. The van der Waals surface area contributed by atoms with Crippen LogP contribution in [-0.4, -0.2) is 12.5 Å². The minimum atomic E-state index is -0.820. The maximum absolute atomic E-state index is 12.8. The quantitative estimate of drug-likeness (QED) is 0.744. The van der Waals surface area contributed by atoms with Crippen molar-refractivity contribution in [1.82, 2.24) is 0 Å². The van der Waals surface area contributed by atoms with Gasteiger partial charge in [-0.3, -0.25) is 0 Å². The number of rotatable bonds is 2. The molecule has 0 amide bonds. The number of benzene rings is 1. The molecule has 1 saturated carbocycles. The minimum Gasteiger partial charge on any atom is -0.302 e. The van der Waals surface area contributed by atoms with Gasteiger partial charge in [0.05, 0.1) is 5.41 Å². The van der Waals surface area contributed by atoms with Crippen molar-refractivity contribution in [3.05, 3.63) is 34.3 Å². The Morgan fingerprint density at radius 3 is 2.71 bits per heavy atom. The molecule has 2 rings (SSSR count). The van der Waals surface area contributed by atoms with Gasteiger partial charge in [-0.1, -0.05) is 28.1 Å². The average Bonchev–Trinajstić information content (AvgIpc) is 2.12. The van der Waals surface area contributed by atoms with Gasteiger partial charge in [-0.2, -0.15) is 0 Å². The molecule has 0 aromatic heterocycles. The summed E-state index contributed by atoms with van der Waals surface area (Å²) in [6.07, 6.45) is 0.712. The molecule has 1 aliphatic carbocycles. The highest BCUT2D eigenvalue weighted by atomic mass is 79.9. The van der Waals surface area contributed by atoms with Gasteiger partial charge in [0.25, 0.3) is 0 Å². The van der Waals surface area contributed by atoms with Crippen LogP contribution in [0, 0.1) is 0 Å². The van der Waals surface area contributed by atoms with Crippen LogP contribution in [0.15, 0.2) is 28.7 Å². The van der Waals surface area contributed by atoms with Crippen LogP contribution in [0.3, 0.4) is 0 Å². The molecule has 1 fully saturated rings. The van der Waals surface area contributed by atoms with Crippen molar-refractivity contribution >= 4 is 22.2 Å². The Labute approximate surface area is 90.4 Å². The molecule has 0 aliphatic heterocycles. The lowest BCUT2D eigenvalue weighted by Gasteiger charge is -2.40. The van der Waals surface area contributed by atoms with E-state index in [0.29, 0.717) is 12.8 Å². The largest absolute Gasteiger partial charge is 0.302 e. The van der Waals surface area contributed by atoms with E-state index in [1.54, 1.807) is 0 Å². The van der Waals surface area contributed by atoms with Crippen molar-refractivity contribution < 1.29 is 9.18 Å². The molecule has 1 aromatic rings. The molecule has 0 unspecified atom stereocenters. The molecule has 1 nitrogen and oxygen atoms in total. The zero-order chi connectivity index (χ0) is 10.2. The average molecular weight is 257 g/mol. The van der Waals surface area contributed by atoms with Gasteiger partial charge in [-0.25, -0.2) is 4.39 Å². The summed E-state index contributed by atoms with van der Waals surface area (Å²) in [6.45, 7) is 0. The normalized spacial score (nSPS) is 30.9. The molecular formula is C11H10BrFO. The second-order valence-electron chi connectivity index (χ2n) is 3.79. The third-order valence-corrected chi connectivity index (χ3v) is 3.29. The van der Waals surface area contributed by atoms with Crippen molar-refractivity contribution in [2.75, 3.05) is 0 Å². The molecule has 0 N–H and O–H groups in total. The highest BCUT2D eigenvalue weighted by Gasteiger charge is 2.46. The number of hydrogen-bond acceptors (Lipinski definition) is 1. The van der Waals surface area contributed by atoms with Crippen LogP contribution in [0.5, 0.6) is 0 Å². The van der Waals surface area contributed by atoms with Crippen molar-refractivity contribution in [3.63, 3.8) is 0 Å². The lowest BCUT2D eigenvalue weighted by molar-refractivity contribution is -0.117. The Hall–Kier alpha value is -0.700. The maximum Gasteiger partial charge on any atom is 0.130 e. The Bertz CT molecular complexity index is 358. The van der Waals surface area contributed by atoms with E-state index in [9.17, 15) is 9.18 Å². The van der Waals surface area contributed by atoms with Crippen molar-refractivity contribution in [2.45, 2.75) is 24.4 Å². The number of aldehydes is 1. The van der Waals surface area contributed by atoms with Crippen LogP contribution in [0.25, 0.3) is 0 Å². The van der Waals surface area contributed by atoms with E-state index in [2.05, 4.69) is 15.9 Å². The molecule has 3 heteroatoms. The minimum absolute atomic E-state index is 0.326. The van der Waals surface area contributed by atoms with Gasteiger partial charge in [0.1, 0.15) is 12.5 Å². The van der Waals surface area contributed by atoms with Crippen LogP contribution in [0.2, 0.25) is 0 Å². The monoisotopic (exact) mass is 256 g/mol. The summed E-state index contributed by atoms with van der Waals surface area (Å²) >= 11 is 3.34. The van der Waals surface area contributed by atoms with Crippen molar-refractivity contribution in [2.24, 2.45) is 0 Å². The highest BCUT2D eigenvalue weighted by molar-refractivity contribution is 9.10. The first-order chi connectivity index (χ1) is 6.66. The van der Waals surface area contributed by atoms with Crippen molar-refractivity contribution in [1.29, 1.82) is 0 Å². The Balaban J connectivity index is 2.33. The Morgan fingerprint density at radius 2 is 2.21 bits per heavy atom. The summed E-state index contributed by atoms with van der Waals surface area (Å²) in [6, 6.07) is 7.54. The summed E-state index contributed by atoms with van der Waals surface area (Å²) in [5.74, 6) is 0. The molecule has 74 valence electrons. The summed E-state index contributed by atoms with van der Waals surface area (Å²) < 4.78 is 13.7. The zero-order valence-electron chi connectivity index (χ0n) is 7.54. The van der Waals surface area contributed by atoms with Gasteiger partial charge < -0.3 is 4.79 Å². The summed E-state index contributed by atoms with van der Waals surface area (Å²) in [7, 11) is 0. The fourth-order valence-corrected chi connectivity index (χ4v) is 2.33. The van der Waals surface area contributed by atoms with Gasteiger partial charge in [-0.15, -0.1) is 0 Å². The zero-order valence-corrected chi connectivity index (χ0v) is 9.13. The third kappa shape index (κ3) is 1.50. The van der Waals surface area contributed by atoms with Gasteiger partial charge in [0, 0.05) is 4.47 Å². The molecule has 0 bridgehead atoms. The number of halogens is 2. The molecule has 0 atom stereocenters. The molecule has 0 heterocycles. The molecular weight excluding hydrogens is 247 g/mol. The molecule has 0 spiro atoms. The predicted octanol–water partition coefficient (Wildman–Crippen LogP) is 3.02. The molecule has 14 heavy (non-hydrogen) atoms. The van der Waals surface area contributed by atoms with Crippen LogP contribution in [0.1, 0.15) is 18.4 Å². The van der Waals surface area contributed by atoms with Crippen LogP contribution >= 0.6 is 15.9 Å².